The number of anilines is 1. The van der Waals surface area contributed by atoms with Gasteiger partial charge in [-0.25, -0.2) is 4.98 Å². The highest BCUT2D eigenvalue weighted by atomic mass is 32.1. The predicted molar refractivity (Wildman–Crippen MR) is 97.1 cm³/mol. The van der Waals surface area contributed by atoms with Crippen molar-refractivity contribution in [3.05, 3.63) is 28.0 Å². The molecule has 1 N–H and O–H groups in total. The number of carbonyl (C=O) groups is 1. The maximum atomic E-state index is 12.8. The third kappa shape index (κ3) is 3.68. The molecule has 0 saturated heterocycles. The molecule has 0 unspecified atom stereocenters. The van der Waals surface area contributed by atoms with E-state index in [1.807, 2.05) is 13.8 Å². The molecule has 3 aromatic rings. The van der Waals surface area contributed by atoms with Crippen molar-refractivity contribution < 1.29 is 9.32 Å². The van der Waals surface area contributed by atoms with Gasteiger partial charge in [0.2, 0.25) is 5.13 Å². The summed E-state index contributed by atoms with van der Waals surface area (Å²) in [5.41, 5.74) is 2.31. The van der Waals surface area contributed by atoms with Gasteiger partial charge in [0.1, 0.15) is 5.01 Å². The number of fused-ring (bicyclic) bond motifs is 1. The molecule has 132 valence electrons. The van der Waals surface area contributed by atoms with Crippen LogP contribution in [0.3, 0.4) is 0 Å². The van der Waals surface area contributed by atoms with Crippen LogP contribution in [-0.2, 0) is 6.42 Å². The number of amides is 1. The van der Waals surface area contributed by atoms with Gasteiger partial charge in [0.15, 0.2) is 0 Å². The summed E-state index contributed by atoms with van der Waals surface area (Å²) in [4.78, 5) is 17.3. The molecule has 0 atom stereocenters. The molecular weight excluding hydrogens is 338 g/mol. The molecule has 0 saturated carbocycles. The van der Waals surface area contributed by atoms with E-state index in [2.05, 4.69) is 32.6 Å². The number of aromatic nitrogens is 4. The zero-order chi connectivity index (χ0) is 18.0. The predicted octanol–water partition coefficient (Wildman–Crippen LogP) is 4.10. The number of carbonyl (C=O) groups excluding carboxylic acids is 1. The second kappa shape index (κ2) is 7.26. The van der Waals surface area contributed by atoms with E-state index in [0.29, 0.717) is 27.5 Å². The lowest BCUT2D eigenvalue weighted by Gasteiger charge is -2.08. The Hall–Kier alpha value is -2.35. The number of rotatable bonds is 6. The Kier molecular flexibility index (Phi) is 5.08. The normalized spacial score (nSPS) is 11.4. The van der Waals surface area contributed by atoms with Gasteiger partial charge in [0.05, 0.1) is 16.6 Å². The molecule has 3 rings (SSSR count). The van der Waals surface area contributed by atoms with Crippen LogP contribution in [0.2, 0.25) is 0 Å². The number of nitrogens with zero attached hydrogens (tertiary/aromatic N) is 4. The first-order chi connectivity index (χ1) is 12.0. The molecule has 0 fully saturated rings. The van der Waals surface area contributed by atoms with E-state index in [-0.39, 0.29) is 11.8 Å². The minimum atomic E-state index is -0.251. The molecule has 0 aliphatic carbocycles. The Labute approximate surface area is 149 Å². The van der Waals surface area contributed by atoms with Crippen LogP contribution < -0.4 is 5.32 Å². The summed E-state index contributed by atoms with van der Waals surface area (Å²) in [5, 5.41) is 17.0. The largest absolute Gasteiger partial charge is 0.336 e. The van der Waals surface area contributed by atoms with Crippen molar-refractivity contribution in [2.24, 2.45) is 0 Å². The van der Waals surface area contributed by atoms with Crippen molar-refractivity contribution in [3.8, 4) is 0 Å². The van der Waals surface area contributed by atoms with Gasteiger partial charge in [-0.05, 0) is 25.3 Å². The van der Waals surface area contributed by atoms with E-state index in [1.54, 1.807) is 13.0 Å². The number of unbranched alkanes of at least 4 members (excludes halogenated alkanes) is 1. The summed E-state index contributed by atoms with van der Waals surface area (Å²) in [7, 11) is 0. The molecule has 1 amide bonds. The van der Waals surface area contributed by atoms with Gasteiger partial charge in [0.25, 0.3) is 11.6 Å². The fourth-order valence-electron chi connectivity index (χ4n) is 2.49. The molecule has 7 nitrogen and oxygen atoms in total. The standard InChI is InChI=1S/C17H21N5O2S/c1-5-6-7-13-20-21-17(25-13)19-15(23)11-8-12(9(2)3)18-16-14(11)10(4)22-24-16/h8-9H,5-7H2,1-4H3,(H,19,21,23). The second-order valence-electron chi connectivity index (χ2n) is 6.26. The first-order valence-corrected chi connectivity index (χ1v) is 9.21. The van der Waals surface area contributed by atoms with Crippen molar-refractivity contribution in [1.29, 1.82) is 0 Å². The third-order valence-electron chi connectivity index (χ3n) is 3.90. The van der Waals surface area contributed by atoms with E-state index in [9.17, 15) is 4.79 Å². The van der Waals surface area contributed by atoms with Crippen LogP contribution >= 0.6 is 11.3 Å². The van der Waals surface area contributed by atoms with Gasteiger partial charge < -0.3 is 4.52 Å². The fourth-order valence-corrected chi connectivity index (χ4v) is 3.26. The minimum absolute atomic E-state index is 0.170. The molecular formula is C17H21N5O2S. The van der Waals surface area contributed by atoms with Crippen LogP contribution in [0.4, 0.5) is 5.13 Å². The molecule has 0 aromatic carbocycles. The first kappa shape index (κ1) is 17.5. The van der Waals surface area contributed by atoms with Crippen LogP contribution in [0.1, 0.15) is 66.3 Å². The summed E-state index contributed by atoms with van der Waals surface area (Å²) in [5.74, 6) is -0.0812. The SMILES string of the molecule is CCCCc1nnc(NC(=O)c2cc(C(C)C)nc3onc(C)c23)s1. The average molecular weight is 359 g/mol. The van der Waals surface area contributed by atoms with E-state index < -0.39 is 0 Å². The van der Waals surface area contributed by atoms with Crippen LogP contribution in [-0.4, -0.2) is 26.2 Å². The number of hydrogen-bond acceptors (Lipinski definition) is 7. The van der Waals surface area contributed by atoms with Crippen LogP contribution in [0.5, 0.6) is 0 Å². The third-order valence-corrected chi connectivity index (χ3v) is 4.80. The molecule has 8 heteroatoms. The van der Waals surface area contributed by atoms with Crippen molar-refractivity contribution in [1.82, 2.24) is 20.3 Å². The number of nitrogens with one attached hydrogen (secondary N) is 1. The monoisotopic (exact) mass is 359 g/mol. The molecule has 25 heavy (non-hydrogen) atoms. The Morgan fingerprint density at radius 1 is 1.36 bits per heavy atom. The number of aryl methyl sites for hydroxylation is 2. The molecule has 0 spiro atoms. The maximum absolute atomic E-state index is 12.8. The molecule has 3 heterocycles. The summed E-state index contributed by atoms with van der Waals surface area (Å²) in [6.45, 7) is 7.97. The van der Waals surface area contributed by atoms with Gasteiger partial charge >= 0.3 is 0 Å². The van der Waals surface area contributed by atoms with Gasteiger partial charge in [-0.15, -0.1) is 10.2 Å². The van der Waals surface area contributed by atoms with E-state index in [4.69, 9.17) is 4.52 Å². The Morgan fingerprint density at radius 2 is 2.16 bits per heavy atom. The summed E-state index contributed by atoms with van der Waals surface area (Å²) < 4.78 is 5.26. The topological polar surface area (TPSA) is 93.8 Å². The van der Waals surface area contributed by atoms with Gasteiger partial charge in [-0.2, -0.15) is 0 Å². The van der Waals surface area contributed by atoms with Crippen LogP contribution in [0, 0.1) is 6.92 Å². The highest BCUT2D eigenvalue weighted by molar-refractivity contribution is 7.15. The van der Waals surface area contributed by atoms with E-state index in [0.717, 1.165) is 30.0 Å². The number of hydrogen-bond donors (Lipinski definition) is 1. The molecule has 0 aliphatic rings. The Balaban J connectivity index is 1.91. The molecule has 3 aromatic heterocycles. The Bertz CT molecular complexity index is 900. The molecule has 0 radical (unpaired) electrons. The lowest BCUT2D eigenvalue weighted by atomic mass is 10.0. The van der Waals surface area contributed by atoms with Gasteiger partial charge in [0, 0.05) is 12.1 Å². The van der Waals surface area contributed by atoms with E-state index >= 15 is 0 Å². The molecule has 0 bridgehead atoms. The van der Waals surface area contributed by atoms with Crippen molar-refractivity contribution >= 4 is 33.5 Å². The summed E-state index contributed by atoms with van der Waals surface area (Å²) >= 11 is 1.41. The zero-order valence-corrected chi connectivity index (χ0v) is 15.6. The van der Waals surface area contributed by atoms with Crippen LogP contribution in [0.15, 0.2) is 10.6 Å². The quantitative estimate of drug-likeness (QED) is 0.712. The minimum Gasteiger partial charge on any atom is -0.336 e. The van der Waals surface area contributed by atoms with Crippen molar-refractivity contribution in [2.45, 2.75) is 52.9 Å². The smallest absolute Gasteiger partial charge is 0.259 e. The van der Waals surface area contributed by atoms with Crippen molar-refractivity contribution in [3.63, 3.8) is 0 Å². The van der Waals surface area contributed by atoms with Crippen molar-refractivity contribution in [2.75, 3.05) is 5.32 Å². The fraction of sp³-hybridized carbons (Fsp3) is 0.471. The van der Waals surface area contributed by atoms with Crippen LogP contribution in [0.25, 0.3) is 11.1 Å². The highest BCUT2D eigenvalue weighted by Gasteiger charge is 2.20. The summed E-state index contributed by atoms with van der Waals surface area (Å²) in [6.07, 6.45) is 3.04. The average Bonchev–Trinajstić information content (AvgIpc) is 3.19. The first-order valence-electron chi connectivity index (χ1n) is 8.40. The van der Waals surface area contributed by atoms with E-state index in [1.165, 1.54) is 11.3 Å². The summed E-state index contributed by atoms with van der Waals surface area (Å²) in [6, 6.07) is 1.80. The van der Waals surface area contributed by atoms with Gasteiger partial charge in [-0.3, -0.25) is 10.1 Å². The zero-order valence-electron chi connectivity index (χ0n) is 14.8. The highest BCUT2D eigenvalue weighted by Crippen LogP contribution is 2.26. The number of pyridine rings is 1. The van der Waals surface area contributed by atoms with Gasteiger partial charge in [-0.1, -0.05) is 43.7 Å². The second-order valence-corrected chi connectivity index (χ2v) is 7.32. The lowest BCUT2D eigenvalue weighted by Crippen LogP contribution is -2.13. The lowest BCUT2D eigenvalue weighted by molar-refractivity contribution is 0.102. The maximum Gasteiger partial charge on any atom is 0.259 e. The Morgan fingerprint density at radius 3 is 2.88 bits per heavy atom. The molecule has 0 aliphatic heterocycles.